The monoisotopic (exact) mass is 359 g/mol. The Kier molecular flexibility index (Phi) is 11.6. The lowest BCUT2D eigenvalue weighted by Crippen LogP contribution is -2.07. The predicted octanol–water partition coefficient (Wildman–Crippen LogP) is 1.98. The Labute approximate surface area is 145 Å². The van der Waals surface area contributed by atoms with E-state index in [0.29, 0.717) is 18.7 Å². The topological polar surface area (TPSA) is 156 Å². The minimum absolute atomic E-state index is 0.0819. The van der Waals surface area contributed by atoms with Crippen LogP contribution in [0.3, 0.4) is 0 Å². The summed E-state index contributed by atoms with van der Waals surface area (Å²) in [4.78, 5) is 33.8. The number of rotatable bonds is 11. The summed E-state index contributed by atoms with van der Waals surface area (Å²) in [5.74, 6) is -1.06. The van der Waals surface area contributed by atoms with E-state index in [4.69, 9.17) is 15.3 Å². The fourth-order valence-electron chi connectivity index (χ4n) is 2.06. The number of aliphatic hydroxyl groups excluding tert-OH is 1. The van der Waals surface area contributed by atoms with Gasteiger partial charge in [0.2, 0.25) is 0 Å². The summed E-state index contributed by atoms with van der Waals surface area (Å²) in [7, 11) is 0. The van der Waals surface area contributed by atoms with Gasteiger partial charge in [0.1, 0.15) is 12.7 Å². The number of aryl methyl sites for hydroxylation is 1. The first kappa shape index (κ1) is 22.5. The Balaban J connectivity index is 0.000000462. The van der Waals surface area contributed by atoms with Gasteiger partial charge in [-0.1, -0.05) is 19.3 Å². The van der Waals surface area contributed by atoms with Gasteiger partial charge in [-0.3, -0.25) is 9.59 Å². The summed E-state index contributed by atoms with van der Waals surface area (Å²) in [6, 6.07) is 0. The van der Waals surface area contributed by atoms with E-state index in [0.717, 1.165) is 19.3 Å². The predicted molar refractivity (Wildman–Crippen MR) is 88.3 cm³/mol. The highest BCUT2D eigenvalue weighted by Gasteiger charge is 2.15. The second-order valence-corrected chi connectivity index (χ2v) is 5.35. The molecule has 1 aromatic rings. The van der Waals surface area contributed by atoms with E-state index in [9.17, 15) is 19.7 Å². The van der Waals surface area contributed by atoms with Crippen LogP contribution in [0, 0.1) is 17.0 Å². The van der Waals surface area contributed by atoms with Crippen LogP contribution >= 0.6 is 0 Å². The van der Waals surface area contributed by atoms with Gasteiger partial charge < -0.3 is 25.4 Å². The van der Waals surface area contributed by atoms with Gasteiger partial charge in [-0.25, -0.2) is 9.55 Å². The van der Waals surface area contributed by atoms with Crippen LogP contribution in [0.25, 0.3) is 0 Å². The summed E-state index contributed by atoms with van der Waals surface area (Å²) < 4.78 is 1.36. The molecule has 10 heteroatoms. The lowest BCUT2D eigenvalue weighted by Gasteiger charge is -1.98. The summed E-state index contributed by atoms with van der Waals surface area (Å²) in [6.07, 6.45) is 5.71. The number of unbranched alkanes of at least 4 members (excludes halogenated alkanes) is 4. The van der Waals surface area contributed by atoms with E-state index in [2.05, 4.69) is 4.98 Å². The number of imidazole rings is 1. The molecule has 0 aliphatic rings. The normalized spacial score (nSPS) is 10.0. The molecule has 0 aliphatic carbocycles. The molecule has 0 bridgehead atoms. The van der Waals surface area contributed by atoms with Gasteiger partial charge in [-0.15, -0.1) is 0 Å². The molecule has 1 heterocycles. The third-order valence-electron chi connectivity index (χ3n) is 3.33. The van der Waals surface area contributed by atoms with Crippen molar-refractivity contribution in [3.63, 3.8) is 0 Å². The second-order valence-electron chi connectivity index (χ2n) is 5.35. The van der Waals surface area contributed by atoms with Crippen molar-refractivity contribution in [2.75, 3.05) is 6.61 Å². The molecular formula is C15H25N3O7. The molecule has 1 rings (SSSR count). The maximum atomic E-state index is 10.4. The Morgan fingerprint density at radius 1 is 1.12 bits per heavy atom. The molecule has 0 fully saturated rings. The van der Waals surface area contributed by atoms with Crippen LogP contribution in [0.15, 0.2) is 6.20 Å². The fourth-order valence-corrected chi connectivity index (χ4v) is 2.06. The standard InChI is InChI=1S/C9H16O4.C6H9N3O3/c10-8(11)6-4-2-1-3-5-7-9(12)13;1-5-7-4-6(9(11)12)8(5)2-3-10/h1-7H2,(H,10,11)(H,12,13);4,10H,2-3H2,1H3. The summed E-state index contributed by atoms with van der Waals surface area (Å²) >= 11 is 0. The Hall–Kier alpha value is -2.49. The molecule has 10 nitrogen and oxygen atoms in total. The van der Waals surface area contributed by atoms with E-state index in [-0.39, 0.29) is 31.8 Å². The lowest BCUT2D eigenvalue weighted by atomic mass is 10.1. The average Bonchev–Trinajstić information content (AvgIpc) is 2.88. The van der Waals surface area contributed by atoms with E-state index >= 15 is 0 Å². The molecule has 142 valence electrons. The van der Waals surface area contributed by atoms with Crippen LogP contribution in [0.5, 0.6) is 0 Å². The Bertz CT molecular complexity index is 539. The van der Waals surface area contributed by atoms with Gasteiger partial charge in [0.25, 0.3) is 0 Å². The molecule has 0 atom stereocenters. The number of aliphatic carboxylic acids is 2. The molecule has 0 saturated heterocycles. The zero-order valence-corrected chi connectivity index (χ0v) is 14.3. The van der Waals surface area contributed by atoms with Crippen LogP contribution in [0.4, 0.5) is 5.82 Å². The summed E-state index contributed by atoms with van der Waals surface area (Å²) in [5, 5.41) is 35.6. The first-order chi connectivity index (χ1) is 11.8. The molecule has 0 saturated carbocycles. The zero-order chi connectivity index (χ0) is 19.2. The molecular weight excluding hydrogens is 334 g/mol. The van der Waals surface area contributed by atoms with Gasteiger partial charge in [-0.05, 0) is 17.8 Å². The molecule has 25 heavy (non-hydrogen) atoms. The minimum Gasteiger partial charge on any atom is -0.481 e. The van der Waals surface area contributed by atoms with Gasteiger partial charge >= 0.3 is 17.8 Å². The van der Waals surface area contributed by atoms with Crippen molar-refractivity contribution >= 4 is 17.8 Å². The van der Waals surface area contributed by atoms with Crippen molar-refractivity contribution in [1.29, 1.82) is 0 Å². The molecule has 0 aromatic carbocycles. The van der Waals surface area contributed by atoms with Crippen molar-refractivity contribution in [2.24, 2.45) is 0 Å². The van der Waals surface area contributed by atoms with Crippen molar-refractivity contribution in [1.82, 2.24) is 9.55 Å². The molecule has 3 N–H and O–H groups in total. The number of nitrogens with zero attached hydrogens (tertiary/aromatic N) is 3. The zero-order valence-electron chi connectivity index (χ0n) is 14.3. The molecule has 0 unspecified atom stereocenters. The maximum absolute atomic E-state index is 10.4. The van der Waals surface area contributed by atoms with Gasteiger partial charge in [-0.2, -0.15) is 0 Å². The number of nitro groups is 1. The maximum Gasteiger partial charge on any atom is 0.342 e. The van der Waals surface area contributed by atoms with E-state index < -0.39 is 16.9 Å². The van der Waals surface area contributed by atoms with E-state index in [1.807, 2.05) is 0 Å². The van der Waals surface area contributed by atoms with Crippen molar-refractivity contribution in [2.45, 2.75) is 58.4 Å². The molecule has 0 amide bonds. The number of carbonyl (C=O) groups is 2. The van der Waals surface area contributed by atoms with Gasteiger partial charge in [0.05, 0.1) is 6.61 Å². The SMILES string of the molecule is Cc1ncc([N+](=O)[O-])n1CCO.O=C(O)CCCCCCCC(=O)O. The number of hydrogen-bond acceptors (Lipinski definition) is 6. The highest BCUT2D eigenvalue weighted by atomic mass is 16.6. The van der Waals surface area contributed by atoms with Crippen LogP contribution < -0.4 is 0 Å². The Morgan fingerprint density at radius 3 is 2.00 bits per heavy atom. The second kappa shape index (κ2) is 12.9. The van der Waals surface area contributed by atoms with Crippen molar-refractivity contribution in [3.05, 3.63) is 22.1 Å². The van der Waals surface area contributed by atoms with Crippen LogP contribution in [-0.4, -0.2) is 48.3 Å². The third-order valence-corrected chi connectivity index (χ3v) is 3.33. The largest absolute Gasteiger partial charge is 0.481 e. The van der Waals surface area contributed by atoms with E-state index in [1.165, 1.54) is 10.8 Å². The Morgan fingerprint density at radius 2 is 1.60 bits per heavy atom. The summed E-state index contributed by atoms with van der Waals surface area (Å²) in [6.45, 7) is 1.74. The smallest absolute Gasteiger partial charge is 0.342 e. The molecule has 1 aromatic heterocycles. The average molecular weight is 359 g/mol. The number of aromatic nitrogens is 2. The van der Waals surface area contributed by atoms with E-state index in [1.54, 1.807) is 6.92 Å². The van der Waals surface area contributed by atoms with Crippen molar-refractivity contribution < 1.29 is 29.8 Å². The van der Waals surface area contributed by atoms with Crippen LogP contribution in [-0.2, 0) is 16.1 Å². The number of carboxylic acids is 2. The molecule has 0 aliphatic heterocycles. The first-order valence-electron chi connectivity index (χ1n) is 8.00. The molecule has 0 radical (unpaired) electrons. The van der Waals surface area contributed by atoms with Gasteiger partial charge in [0.15, 0.2) is 5.82 Å². The highest BCUT2D eigenvalue weighted by Crippen LogP contribution is 2.12. The van der Waals surface area contributed by atoms with Gasteiger partial charge in [0, 0.05) is 19.8 Å². The number of hydrogen-bond donors (Lipinski definition) is 3. The third kappa shape index (κ3) is 10.8. The number of carboxylic acid groups (broad SMARTS) is 2. The first-order valence-corrected chi connectivity index (χ1v) is 8.00. The van der Waals surface area contributed by atoms with Crippen LogP contribution in [0.2, 0.25) is 0 Å². The van der Waals surface area contributed by atoms with Crippen LogP contribution in [0.1, 0.15) is 50.8 Å². The molecule has 0 spiro atoms. The highest BCUT2D eigenvalue weighted by molar-refractivity contribution is 5.66. The fraction of sp³-hybridized carbons (Fsp3) is 0.667. The minimum atomic E-state index is -0.759. The number of aliphatic hydroxyl groups is 1. The van der Waals surface area contributed by atoms with Crippen molar-refractivity contribution in [3.8, 4) is 0 Å². The lowest BCUT2D eigenvalue weighted by molar-refractivity contribution is -0.392. The summed E-state index contributed by atoms with van der Waals surface area (Å²) in [5.41, 5.74) is 0. The quantitative estimate of drug-likeness (QED) is 0.307.